The second kappa shape index (κ2) is 5.33. The van der Waals surface area contributed by atoms with E-state index in [1.807, 2.05) is 0 Å². The molecule has 60 valence electrons. The van der Waals surface area contributed by atoms with Gasteiger partial charge in [-0.05, 0) is 12.8 Å². The van der Waals surface area contributed by atoms with Crippen LogP contribution in [0.25, 0.3) is 0 Å². The van der Waals surface area contributed by atoms with Crippen molar-refractivity contribution >= 4 is 0 Å². The van der Waals surface area contributed by atoms with Crippen molar-refractivity contribution in [1.82, 2.24) is 0 Å². The first-order valence-electron chi connectivity index (χ1n) is 3.20. The zero-order chi connectivity index (χ0) is 7.98. The molecule has 0 rings (SSSR count). The van der Waals surface area contributed by atoms with Crippen molar-refractivity contribution < 1.29 is 13.2 Å². The Balaban J connectivity index is 3.20. The summed E-state index contributed by atoms with van der Waals surface area (Å²) in [6, 6.07) is 0. The quantitative estimate of drug-likeness (QED) is 0.531. The van der Waals surface area contributed by atoms with Crippen molar-refractivity contribution in [2.75, 3.05) is 0 Å². The van der Waals surface area contributed by atoms with Crippen LogP contribution in [0.5, 0.6) is 0 Å². The van der Waals surface area contributed by atoms with Crippen LogP contribution in [0.2, 0.25) is 0 Å². The molecule has 0 aromatic rings. The third kappa shape index (κ3) is 5.66. The molecule has 0 heterocycles. The van der Waals surface area contributed by atoms with E-state index in [1.54, 1.807) is 0 Å². The Morgan fingerprint density at radius 2 is 1.80 bits per heavy atom. The summed E-state index contributed by atoms with van der Waals surface area (Å²) in [6.45, 7) is 3.30. The van der Waals surface area contributed by atoms with Gasteiger partial charge in [-0.2, -0.15) is 0 Å². The molecule has 0 N–H and O–H groups in total. The summed E-state index contributed by atoms with van der Waals surface area (Å²) >= 11 is 0. The highest BCUT2D eigenvalue weighted by Gasteiger charge is 2.08. The van der Waals surface area contributed by atoms with Gasteiger partial charge in [0.05, 0.1) is 0 Å². The smallest absolute Gasteiger partial charge is 0.238 e. The van der Waals surface area contributed by atoms with E-state index < -0.39 is 12.6 Å². The molecule has 0 saturated carbocycles. The Labute approximate surface area is 58.7 Å². The van der Waals surface area contributed by atoms with E-state index in [0.717, 1.165) is 0 Å². The van der Waals surface area contributed by atoms with Crippen LogP contribution >= 0.6 is 0 Å². The summed E-state index contributed by atoms with van der Waals surface area (Å²) < 4.78 is 35.2. The van der Waals surface area contributed by atoms with E-state index >= 15 is 0 Å². The minimum Gasteiger partial charge on any atom is -0.247 e. The van der Waals surface area contributed by atoms with E-state index in [4.69, 9.17) is 0 Å². The number of alkyl halides is 3. The minimum atomic E-state index is -2.39. The second-order valence-corrected chi connectivity index (χ2v) is 2.09. The van der Waals surface area contributed by atoms with Gasteiger partial charge in [-0.1, -0.05) is 6.08 Å². The predicted molar refractivity (Wildman–Crippen MR) is 34.9 cm³/mol. The van der Waals surface area contributed by atoms with Gasteiger partial charge in [0.25, 0.3) is 0 Å². The van der Waals surface area contributed by atoms with Gasteiger partial charge in [-0.3, -0.25) is 0 Å². The van der Waals surface area contributed by atoms with E-state index in [1.165, 1.54) is 6.08 Å². The monoisotopic (exact) mass is 152 g/mol. The van der Waals surface area contributed by atoms with Gasteiger partial charge in [0, 0.05) is 6.42 Å². The zero-order valence-electron chi connectivity index (χ0n) is 5.69. The summed E-state index contributed by atoms with van der Waals surface area (Å²) in [4.78, 5) is 0. The summed E-state index contributed by atoms with van der Waals surface area (Å²) in [5, 5.41) is 0. The standard InChI is InChI=1S/C7H11F3/c1-2-3-6(8)4-5-7(9)10/h2,6-7H,1,3-5H2. The van der Waals surface area contributed by atoms with Gasteiger partial charge in [0.15, 0.2) is 0 Å². The van der Waals surface area contributed by atoms with E-state index in [2.05, 4.69) is 6.58 Å². The number of rotatable bonds is 5. The molecule has 0 saturated heterocycles. The lowest BCUT2D eigenvalue weighted by molar-refractivity contribution is 0.122. The first-order chi connectivity index (χ1) is 4.66. The first kappa shape index (κ1) is 9.53. The molecule has 0 radical (unpaired) electrons. The van der Waals surface area contributed by atoms with Crippen LogP contribution in [0.1, 0.15) is 19.3 Å². The minimum absolute atomic E-state index is 0.0658. The Morgan fingerprint density at radius 1 is 1.20 bits per heavy atom. The second-order valence-electron chi connectivity index (χ2n) is 2.09. The number of halogens is 3. The van der Waals surface area contributed by atoms with E-state index in [9.17, 15) is 13.2 Å². The molecule has 0 fully saturated rings. The lowest BCUT2D eigenvalue weighted by Crippen LogP contribution is -2.01. The topological polar surface area (TPSA) is 0 Å². The third-order valence-corrected chi connectivity index (χ3v) is 1.12. The van der Waals surface area contributed by atoms with Crippen molar-refractivity contribution in [2.45, 2.75) is 31.9 Å². The van der Waals surface area contributed by atoms with Crippen LogP contribution in [-0.4, -0.2) is 12.6 Å². The van der Waals surface area contributed by atoms with E-state index in [0.29, 0.717) is 0 Å². The Hall–Kier alpha value is -0.470. The maximum atomic E-state index is 12.4. The summed E-state index contributed by atoms with van der Waals surface area (Å²) in [5.41, 5.74) is 0. The fourth-order valence-electron chi connectivity index (χ4n) is 0.606. The van der Waals surface area contributed by atoms with Crippen molar-refractivity contribution in [3.8, 4) is 0 Å². The van der Waals surface area contributed by atoms with Crippen LogP contribution in [0, 0.1) is 0 Å². The van der Waals surface area contributed by atoms with Gasteiger partial charge in [-0.15, -0.1) is 6.58 Å². The zero-order valence-corrected chi connectivity index (χ0v) is 5.69. The SMILES string of the molecule is C=CCC(F)CCC(F)F. The van der Waals surface area contributed by atoms with Crippen LogP contribution in [0.3, 0.4) is 0 Å². The molecule has 0 aromatic carbocycles. The molecule has 10 heavy (non-hydrogen) atoms. The summed E-state index contributed by atoms with van der Waals surface area (Å²) in [7, 11) is 0. The van der Waals surface area contributed by atoms with Crippen molar-refractivity contribution in [3.05, 3.63) is 12.7 Å². The fraction of sp³-hybridized carbons (Fsp3) is 0.714. The maximum absolute atomic E-state index is 12.4. The van der Waals surface area contributed by atoms with Crippen LogP contribution in [-0.2, 0) is 0 Å². The Morgan fingerprint density at radius 3 is 2.20 bits per heavy atom. The lowest BCUT2D eigenvalue weighted by atomic mass is 10.1. The van der Waals surface area contributed by atoms with Crippen molar-refractivity contribution in [1.29, 1.82) is 0 Å². The molecule has 0 spiro atoms. The van der Waals surface area contributed by atoms with E-state index in [-0.39, 0.29) is 19.3 Å². The van der Waals surface area contributed by atoms with Gasteiger partial charge < -0.3 is 0 Å². The molecule has 1 atom stereocenters. The molecule has 0 aromatic heterocycles. The highest BCUT2D eigenvalue weighted by molar-refractivity contribution is 4.72. The largest absolute Gasteiger partial charge is 0.247 e. The predicted octanol–water partition coefficient (Wildman–Crippen LogP) is 2.95. The number of allylic oxidation sites excluding steroid dienone is 1. The van der Waals surface area contributed by atoms with Gasteiger partial charge in [0.2, 0.25) is 6.43 Å². The normalized spacial score (nSPS) is 13.6. The Bertz CT molecular complexity index is 90.9. The highest BCUT2D eigenvalue weighted by Crippen LogP contribution is 2.11. The summed E-state index contributed by atoms with van der Waals surface area (Å²) in [5.74, 6) is 0. The van der Waals surface area contributed by atoms with Gasteiger partial charge in [-0.25, -0.2) is 13.2 Å². The maximum Gasteiger partial charge on any atom is 0.238 e. The van der Waals surface area contributed by atoms with Crippen LogP contribution < -0.4 is 0 Å². The van der Waals surface area contributed by atoms with Crippen LogP contribution in [0.15, 0.2) is 12.7 Å². The highest BCUT2D eigenvalue weighted by atomic mass is 19.3. The molecule has 0 aliphatic carbocycles. The molecular weight excluding hydrogens is 141 g/mol. The molecule has 3 heteroatoms. The van der Waals surface area contributed by atoms with Crippen molar-refractivity contribution in [3.63, 3.8) is 0 Å². The molecule has 0 amide bonds. The average molecular weight is 152 g/mol. The molecule has 0 aliphatic rings. The van der Waals surface area contributed by atoms with Crippen molar-refractivity contribution in [2.24, 2.45) is 0 Å². The molecular formula is C7H11F3. The molecule has 0 nitrogen and oxygen atoms in total. The number of hydrogen-bond acceptors (Lipinski definition) is 0. The first-order valence-corrected chi connectivity index (χ1v) is 3.20. The molecule has 1 unspecified atom stereocenters. The average Bonchev–Trinajstić information content (AvgIpc) is 1.85. The van der Waals surface area contributed by atoms with Gasteiger partial charge in [0.1, 0.15) is 6.17 Å². The third-order valence-electron chi connectivity index (χ3n) is 1.12. The molecule has 0 aliphatic heterocycles. The van der Waals surface area contributed by atoms with Gasteiger partial charge >= 0.3 is 0 Å². The van der Waals surface area contributed by atoms with Crippen LogP contribution in [0.4, 0.5) is 13.2 Å². The Kier molecular flexibility index (Phi) is 5.08. The lowest BCUT2D eigenvalue weighted by Gasteiger charge is -2.02. The number of hydrogen-bond donors (Lipinski definition) is 0. The molecule has 0 bridgehead atoms. The summed E-state index contributed by atoms with van der Waals surface area (Å²) in [6.07, 6.45) is -2.38. The fourth-order valence-corrected chi connectivity index (χ4v) is 0.606.